The molecule has 2 atom stereocenters. The standard InChI is InChI=1S/C14H18N2O4/c1-9-7-11(16(19)20)5-6-13(9)15-8-10-3-2-4-12(10)14(17)18/h5-7,10,12,15H,2-4,8H2,1H3,(H,17,18). The van der Waals surface area contributed by atoms with Crippen LogP contribution in [-0.2, 0) is 4.79 Å². The van der Waals surface area contributed by atoms with E-state index in [1.54, 1.807) is 13.0 Å². The number of aryl methyl sites for hydroxylation is 1. The summed E-state index contributed by atoms with van der Waals surface area (Å²) >= 11 is 0. The number of anilines is 1. The van der Waals surface area contributed by atoms with E-state index in [0.717, 1.165) is 30.5 Å². The third kappa shape index (κ3) is 3.07. The van der Waals surface area contributed by atoms with Gasteiger partial charge in [0, 0.05) is 24.4 Å². The lowest BCUT2D eigenvalue weighted by molar-refractivity contribution is -0.384. The van der Waals surface area contributed by atoms with Gasteiger partial charge < -0.3 is 10.4 Å². The van der Waals surface area contributed by atoms with Crippen LogP contribution >= 0.6 is 0 Å². The van der Waals surface area contributed by atoms with E-state index in [0.29, 0.717) is 6.54 Å². The topological polar surface area (TPSA) is 92.5 Å². The predicted molar refractivity (Wildman–Crippen MR) is 74.8 cm³/mol. The average molecular weight is 278 g/mol. The molecular formula is C14H18N2O4. The van der Waals surface area contributed by atoms with Crippen LogP contribution in [0.3, 0.4) is 0 Å². The Morgan fingerprint density at radius 3 is 2.85 bits per heavy atom. The Morgan fingerprint density at radius 1 is 1.50 bits per heavy atom. The highest BCUT2D eigenvalue weighted by Crippen LogP contribution is 2.32. The first-order valence-corrected chi connectivity index (χ1v) is 6.70. The van der Waals surface area contributed by atoms with E-state index < -0.39 is 10.9 Å². The summed E-state index contributed by atoms with van der Waals surface area (Å²) in [7, 11) is 0. The molecule has 0 spiro atoms. The predicted octanol–water partition coefficient (Wildman–Crippen LogP) is 2.82. The van der Waals surface area contributed by atoms with E-state index in [4.69, 9.17) is 5.11 Å². The lowest BCUT2D eigenvalue weighted by Gasteiger charge is -2.18. The summed E-state index contributed by atoms with van der Waals surface area (Å²) in [5, 5.41) is 23.0. The van der Waals surface area contributed by atoms with Gasteiger partial charge in [0.2, 0.25) is 0 Å². The second-order valence-corrected chi connectivity index (χ2v) is 5.27. The van der Waals surface area contributed by atoms with Crippen molar-refractivity contribution in [2.24, 2.45) is 11.8 Å². The fraction of sp³-hybridized carbons (Fsp3) is 0.500. The summed E-state index contributed by atoms with van der Waals surface area (Å²) in [6.07, 6.45) is 2.60. The van der Waals surface area contributed by atoms with Gasteiger partial charge in [-0.1, -0.05) is 6.42 Å². The van der Waals surface area contributed by atoms with E-state index >= 15 is 0 Å². The maximum Gasteiger partial charge on any atom is 0.306 e. The van der Waals surface area contributed by atoms with Gasteiger partial charge in [-0.3, -0.25) is 14.9 Å². The molecule has 0 saturated heterocycles. The van der Waals surface area contributed by atoms with Gasteiger partial charge in [-0.05, 0) is 37.3 Å². The van der Waals surface area contributed by atoms with Gasteiger partial charge in [0.05, 0.1) is 10.8 Å². The number of nitro groups is 1. The molecule has 0 aliphatic heterocycles. The van der Waals surface area contributed by atoms with Crippen LogP contribution in [0.4, 0.5) is 11.4 Å². The maximum absolute atomic E-state index is 11.1. The summed E-state index contributed by atoms with van der Waals surface area (Å²) in [4.78, 5) is 21.4. The van der Waals surface area contributed by atoms with Crippen LogP contribution < -0.4 is 5.32 Å². The van der Waals surface area contributed by atoms with Crippen molar-refractivity contribution in [2.45, 2.75) is 26.2 Å². The van der Waals surface area contributed by atoms with Crippen molar-refractivity contribution >= 4 is 17.3 Å². The molecule has 0 aromatic heterocycles. The first kappa shape index (κ1) is 14.3. The van der Waals surface area contributed by atoms with E-state index in [2.05, 4.69) is 5.32 Å². The van der Waals surface area contributed by atoms with Gasteiger partial charge in [0.15, 0.2) is 0 Å². The third-order valence-electron chi connectivity index (χ3n) is 3.95. The highest BCUT2D eigenvalue weighted by Gasteiger charge is 2.32. The molecule has 1 aromatic rings. The SMILES string of the molecule is Cc1cc([N+](=O)[O-])ccc1NCC1CCCC1C(=O)O. The zero-order valence-electron chi connectivity index (χ0n) is 11.3. The largest absolute Gasteiger partial charge is 0.481 e. The minimum atomic E-state index is -0.727. The fourth-order valence-corrected chi connectivity index (χ4v) is 2.81. The van der Waals surface area contributed by atoms with Crippen molar-refractivity contribution in [2.75, 3.05) is 11.9 Å². The molecule has 0 radical (unpaired) electrons. The number of non-ortho nitro benzene ring substituents is 1. The van der Waals surface area contributed by atoms with E-state index in [1.165, 1.54) is 12.1 Å². The van der Waals surface area contributed by atoms with Crippen molar-refractivity contribution in [3.8, 4) is 0 Å². The zero-order valence-corrected chi connectivity index (χ0v) is 11.3. The minimum Gasteiger partial charge on any atom is -0.481 e. The van der Waals surface area contributed by atoms with Crippen molar-refractivity contribution in [3.05, 3.63) is 33.9 Å². The molecule has 6 nitrogen and oxygen atoms in total. The Balaban J connectivity index is 2.00. The number of nitro benzene ring substituents is 1. The highest BCUT2D eigenvalue weighted by atomic mass is 16.6. The number of nitrogens with one attached hydrogen (secondary N) is 1. The molecule has 0 bridgehead atoms. The third-order valence-corrected chi connectivity index (χ3v) is 3.95. The smallest absolute Gasteiger partial charge is 0.306 e. The van der Waals surface area contributed by atoms with Crippen LogP contribution in [0, 0.1) is 28.9 Å². The molecular weight excluding hydrogens is 260 g/mol. The van der Waals surface area contributed by atoms with Crippen LogP contribution in [0.25, 0.3) is 0 Å². The summed E-state index contributed by atoms with van der Waals surface area (Å²) in [6, 6.07) is 4.66. The van der Waals surface area contributed by atoms with Gasteiger partial charge in [0.1, 0.15) is 0 Å². The summed E-state index contributed by atoms with van der Waals surface area (Å²) in [6.45, 7) is 2.40. The van der Waals surface area contributed by atoms with Gasteiger partial charge in [-0.2, -0.15) is 0 Å². The van der Waals surface area contributed by atoms with Crippen molar-refractivity contribution in [3.63, 3.8) is 0 Å². The molecule has 1 fully saturated rings. The van der Waals surface area contributed by atoms with Crippen LogP contribution in [0.5, 0.6) is 0 Å². The van der Waals surface area contributed by atoms with E-state index in [1.807, 2.05) is 0 Å². The number of rotatable bonds is 5. The number of carbonyl (C=O) groups is 1. The molecule has 1 aliphatic carbocycles. The van der Waals surface area contributed by atoms with Crippen molar-refractivity contribution < 1.29 is 14.8 Å². The van der Waals surface area contributed by atoms with Gasteiger partial charge in [-0.15, -0.1) is 0 Å². The molecule has 2 N–H and O–H groups in total. The first-order valence-electron chi connectivity index (χ1n) is 6.70. The Bertz CT molecular complexity index is 530. The summed E-state index contributed by atoms with van der Waals surface area (Å²) in [5.74, 6) is -0.877. The number of carboxylic acids is 1. The Morgan fingerprint density at radius 2 is 2.25 bits per heavy atom. The number of carboxylic acid groups (broad SMARTS) is 1. The van der Waals surface area contributed by atoms with E-state index in [-0.39, 0.29) is 17.5 Å². The van der Waals surface area contributed by atoms with Crippen molar-refractivity contribution in [1.82, 2.24) is 0 Å². The summed E-state index contributed by atoms with van der Waals surface area (Å²) in [5.41, 5.74) is 1.69. The molecule has 20 heavy (non-hydrogen) atoms. The van der Waals surface area contributed by atoms with Crippen LogP contribution in [0.1, 0.15) is 24.8 Å². The molecule has 0 amide bonds. The van der Waals surface area contributed by atoms with Gasteiger partial charge >= 0.3 is 5.97 Å². The van der Waals surface area contributed by atoms with Gasteiger partial charge in [0.25, 0.3) is 5.69 Å². The summed E-state index contributed by atoms with van der Waals surface area (Å²) < 4.78 is 0. The Kier molecular flexibility index (Phi) is 4.22. The monoisotopic (exact) mass is 278 g/mol. The first-order chi connectivity index (χ1) is 9.49. The Hall–Kier alpha value is -2.11. The fourth-order valence-electron chi connectivity index (χ4n) is 2.81. The van der Waals surface area contributed by atoms with Crippen LogP contribution in [0.15, 0.2) is 18.2 Å². The number of aliphatic carboxylic acids is 1. The number of hydrogen-bond donors (Lipinski definition) is 2. The lowest BCUT2D eigenvalue weighted by Crippen LogP contribution is -2.24. The molecule has 2 unspecified atom stereocenters. The average Bonchev–Trinajstić information content (AvgIpc) is 2.85. The number of benzene rings is 1. The quantitative estimate of drug-likeness (QED) is 0.638. The van der Waals surface area contributed by atoms with Crippen LogP contribution in [-0.4, -0.2) is 22.5 Å². The molecule has 1 aliphatic rings. The second-order valence-electron chi connectivity index (χ2n) is 5.27. The molecule has 2 rings (SSSR count). The molecule has 1 aromatic carbocycles. The molecule has 6 heteroatoms. The van der Waals surface area contributed by atoms with E-state index in [9.17, 15) is 14.9 Å². The zero-order chi connectivity index (χ0) is 14.7. The highest BCUT2D eigenvalue weighted by molar-refractivity contribution is 5.70. The number of nitrogens with zero attached hydrogens (tertiary/aromatic N) is 1. The number of hydrogen-bond acceptors (Lipinski definition) is 4. The maximum atomic E-state index is 11.1. The molecule has 1 saturated carbocycles. The Labute approximate surface area is 117 Å². The minimum absolute atomic E-state index is 0.0670. The normalized spacial score (nSPS) is 21.6. The van der Waals surface area contributed by atoms with Crippen molar-refractivity contribution in [1.29, 1.82) is 0 Å². The molecule has 108 valence electrons. The van der Waals surface area contributed by atoms with Crippen LogP contribution in [0.2, 0.25) is 0 Å². The lowest BCUT2D eigenvalue weighted by atomic mass is 9.96. The second kappa shape index (κ2) is 5.90. The molecule has 0 heterocycles. The van der Waals surface area contributed by atoms with Gasteiger partial charge in [-0.25, -0.2) is 0 Å².